The molecule has 4 aliphatic rings. The van der Waals surface area contributed by atoms with Gasteiger partial charge in [0.1, 0.15) is 29.5 Å². The van der Waals surface area contributed by atoms with E-state index in [1.54, 1.807) is 6.07 Å². The topological polar surface area (TPSA) is 178 Å². The van der Waals surface area contributed by atoms with Crippen molar-refractivity contribution < 1.29 is 33.0 Å². The minimum Gasteiger partial charge on any atom is -0.453 e. The molecule has 2 aromatic heterocycles. The van der Waals surface area contributed by atoms with Crippen LogP contribution in [0.1, 0.15) is 158 Å². The molecular weight excluding hydrogens is 902 g/mol. The summed E-state index contributed by atoms with van der Waals surface area (Å²) in [5, 5.41) is 5.48. The summed E-state index contributed by atoms with van der Waals surface area (Å²) in [6.45, 7) is 12.8. The van der Waals surface area contributed by atoms with Gasteiger partial charge in [-0.05, 0) is 135 Å². The van der Waals surface area contributed by atoms with Crippen molar-refractivity contribution in [3.05, 3.63) is 88.8 Å². The number of benzene rings is 3. The quantitative estimate of drug-likeness (QED) is 0.0947. The molecule has 4 N–H and O–H groups in total. The van der Waals surface area contributed by atoms with Crippen molar-refractivity contribution in [3.8, 4) is 0 Å². The van der Waals surface area contributed by atoms with Gasteiger partial charge in [-0.3, -0.25) is 9.59 Å². The van der Waals surface area contributed by atoms with Crippen LogP contribution in [-0.2, 0) is 24.5 Å². The third-order valence-electron chi connectivity index (χ3n) is 16.2. The van der Waals surface area contributed by atoms with Crippen molar-refractivity contribution in [1.82, 2.24) is 40.4 Å². The molecule has 380 valence electrons. The molecule has 9 rings (SSSR count). The molecule has 5 heterocycles. The van der Waals surface area contributed by atoms with Gasteiger partial charge < -0.3 is 44.8 Å². The number of hydrogen-bond acceptors (Lipinski definition) is 9. The Kier molecular flexibility index (Phi) is 14.6. The van der Waals surface area contributed by atoms with Crippen LogP contribution in [0.3, 0.4) is 0 Å². The lowest BCUT2D eigenvalue weighted by atomic mass is 9.58. The Morgan fingerprint density at radius 1 is 0.662 bits per heavy atom. The monoisotopic (exact) mass is 974 g/mol. The van der Waals surface area contributed by atoms with Crippen LogP contribution in [0, 0.1) is 17.7 Å². The van der Waals surface area contributed by atoms with Crippen LogP contribution >= 0.6 is 0 Å². The Bertz CT molecular complexity index is 2750. The number of aromatic amines is 2. The van der Waals surface area contributed by atoms with Gasteiger partial charge in [0.15, 0.2) is 0 Å². The number of amides is 4. The van der Waals surface area contributed by atoms with E-state index in [0.29, 0.717) is 18.8 Å². The summed E-state index contributed by atoms with van der Waals surface area (Å²) in [4.78, 5) is 75.5. The van der Waals surface area contributed by atoms with Gasteiger partial charge >= 0.3 is 12.2 Å². The lowest BCUT2D eigenvalue weighted by Crippen LogP contribution is -2.51. The number of imidazole rings is 2. The first kappa shape index (κ1) is 49.8. The number of anilines is 1. The molecule has 7 unspecified atom stereocenters. The fourth-order valence-electron chi connectivity index (χ4n) is 12.3. The highest BCUT2D eigenvalue weighted by atomic mass is 19.1. The molecule has 4 amide bonds. The number of alkyl carbamates (subject to hydrolysis) is 2. The fourth-order valence-corrected chi connectivity index (χ4v) is 12.3. The lowest BCUT2D eigenvalue weighted by Gasteiger charge is -2.46. The standard InChI is InChI=1S/C55H72FN9O6/c1-32(2)47(61-53(68)70-6)51(66)64-26-12-14-45(64)49-57-40-21-17-34(28-42(40)59-49)36-16-20-38(55(5,31-36)37-19-23-44(39(56)30-37)63-24-10-8-9-11-25-63)35-18-22-41-43(29-35)60-50(58-41)46-15-13-27-65(46)52(67)48(33(3)4)62-54(69)71-7/h17-19,21-23,28-30,32-33,36,38,45-48H,8-16,20,24-27,31H2,1-7H3,(H,57,59)(H,58,60)(H,61,68)(H,62,69). The van der Waals surface area contributed by atoms with Gasteiger partial charge in [-0.2, -0.15) is 0 Å². The molecule has 15 nitrogen and oxygen atoms in total. The van der Waals surface area contributed by atoms with E-state index in [1.165, 1.54) is 32.6 Å². The number of aromatic nitrogens is 4. The van der Waals surface area contributed by atoms with E-state index in [1.807, 2.05) is 43.6 Å². The summed E-state index contributed by atoms with van der Waals surface area (Å²) >= 11 is 0. The second kappa shape index (κ2) is 20.9. The largest absolute Gasteiger partial charge is 0.453 e. The van der Waals surface area contributed by atoms with Crippen LogP contribution in [0.5, 0.6) is 0 Å². The van der Waals surface area contributed by atoms with Gasteiger partial charge in [0.05, 0.1) is 54.1 Å². The van der Waals surface area contributed by atoms with Gasteiger partial charge in [0.25, 0.3) is 0 Å². The zero-order valence-corrected chi connectivity index (χ0v) is 42.5. The van der Waals surface area contributed by atoms with E-state index in [4.69, 9.17) is 19.4 Å². The number of rotatable bonds is 12. The van der Waals surface area contributed by atoms with Crippen molar-refractivity contribution in [3.63, 3.8) is 0 Å². The van der Waals surface area contributed by atoms with Crippen LogP contribution in [0.25, 0.3) is 22.1 Å². The van der Waals surface area contributed by atoms with Gasteiger partial charge in [-0.1, -0.05) is 65.7 Å². The van der Waals surface area contributed by atoms with Gasteiger partial charge in [0, 0.05) is 31.6 Å². The number of ether oxygens (including phenoxy) is 2. The molecular formula is C55H72FN9O6. The molecule has 3 aliphatic heterocycles. The average molecular weight is 974 g/mol. The molecule has 1 saturated carbocycles. The number of likely N-dealkylation sites (tertiary alicyclic amines) is 2. The summed E-state index contributed by atoms with van der Waals surface area (Å²) in [6.07, 6.45) is 8.91. The summed E-state index contributed by atoms with van der Waals surface area (Å²) in [5.41, 5.74) is 6.97. The maximum atomic E-state index is 16.6. The molecule has 3 saturated heterocycles. The third-order valence-corrected chi connectivity index (χ3v) is 16.2. The predicted octanol–water partition coefficient (Wildman–Crippen LogP) is 10.1. The fraction of sp³-hybridized carbons (Fsp3) is 0.564. The van der Waals surface area contributed by atoms with E-state index in [9.17, 15) is 19.2 Å². The Morgan fingerprint density at radius 2 is 1.18 bits per heavy atom. The normalized spacial score (nSPS) is 23.8. The maximum Gasteiger partial charge on any atom is 0.407 e. The number of nitrogens with zero attached hydrogens (tertiary/aromatic N) is 5. The molecule has 4 fully saturated rings. The first-order valence-corrected chi connectivity index (χ1v) is 26.0. The van der Waals surface area contributed by atoms with Crippen molar-refractivity contribution >= 4 is 51.8 Å². The number of carbonyl (C=O) groups is 4. The molecule has 0 radical (unpaired) electrons. The van der Waals surface area contributed by atoms with Crippen LogP contribution in [0.15, 0.2) is 54.6 Å². The predicted molar refractivity (Wildman–Crippen MR) is 272 cm³/mol. The van der Waals surface area contributed by atoms with Crippen LogP contribution in [-0.4, -0.2) is 106 Å². The maximum absolute atomic E-state index is 16.6. The molecule has 0 bridgehead atoms. The van der Waals surface area contributed by atoms with Gasteiger partial charge in [-0.15, -0.1) is 0 Å². The first-order valence-electron chi connectivity index (χ1n) is 26.0. The lowest BCUT2D eigenvalue weighted by molar-refractivity contribution is -0.136. The highest BCUT2D eigenvalue weighted by Crippen LogP contribution is 2.54. The Hall–Kier alpha value is -6.19. The smallest absolute Gasteiger partial charge is 0.407 e. The highest BCUT2D eigenvalue weighted by molar-refractivity contribution is 5.87. The van der Waals surface area contributed by atoms with E-state index < -0.39 is 29.7 Å². The second-order valence-electron chi connectivity index (χ2n) is 21.4. The molecule has 5 aromatic rings. The van der Waals surface area contributed by atoms with E-state index >= 15 is 4.39 Å². The average Bonchev–Trinajstić information content (AvgIpc) is 4.18. The zero-order valence-electron chi connectivity index (χ0n) is 42.5. The Labute approximate surface area is 416 Å². The molecule has 3 aromatic carbocycles. The van der Waals surface area contributed by atoms with Crippen molar-refractivity contribution in [2.24, 2.45) is 11.8 Å². The zero-order chi connectivity index (χ0) is 50.1. The van der Waals surface area contributed by atoms with Crippen molar-refractivity contribution in [2.75, 3.05) is 45.3 Å². The first-order chi connectivity index (χ1) is 34.2. The number of hydrogen-bond donors (Lipinski definition) is 4. The van der Waals surface area contributed by atoms with Crippen LogP contribution in [0.2, 0.25) is 0 Å². The Morgan fingerprint density at radius 3 is 1.69 bits per heavy atom. The van der Waals surface area contributed by atoms with E-state index in [2.05, 4.69) is 74.9 Å². The number of fused-ring (bicyclic) bond motifs is 2. The number of halogens is 1. The third kappa shape index (κ3) is 10.0. The van der Waals surface area contributed by atoms with Crippen LogP contribution < -0.4 is 15.5 Å². The second-order valence-corrected chi connectivity index (χ2v) is 21.4. The number of nitrogens with one attached hydrogen (secondary N) is 4. The van der Waals surface area contributed by atoms with Crippen molar-refractivity contribution in [1.29, 1.82) is 0 Å². The molecule has 7 atom stereocenters. The Balaban J connectivity index is 1.01. The van der Waals surface area contributed by atoms with Gasteiger partial charge in [-0.25, -0.2) is 23.9 Å². The van der Waals surface area contributed by atoms with Crippen molar-refractivity contribution in [2.45, 2.75) is 147 Å². The summed E-state index contributed by atoms with van der Waals surface area (Å²) < 4.78 is 26.3. The summed E-state index contributed by atoms with van der Waals surface area (Å²) in [7, 11) is 2.59. The number of H-pyrrole nitrogens is 2. The van der Waals surface area contributed by atoms with E-state index in [-0.39, 0.29) is 53.4 Å². The summed E-state index contributed by atoms with van der Waals surface area (Å²) in [6, 6.07) is 16.9. The summed E-state index contributed by atoms with van der Waals surface area (Å²) in [5.74, 6) is 0.926. The van der Waals surface area contributed by atoms with Gasteiger partial charge in [0.2, 0.25) is 11.8 Å². The SMILES string of the molecule is COC(=O)NC(C(=O)N1CCCC1c1nc2ccc(C3CCC(c4ccc5nc(C6CCCN6C(=O)C(NC(=O)OC)C(C)C)[nH]c5c4)C(C)(c4ccc(N5CCCCCC5)c(F)c4)C3)cc2[nH]1)C(C)C. The number of carbonyl (C=O) groups excluding carboxylic acids is 4. The minimum atomic E-state index is -0.726. The number of methoxy groups -OCH3 is 2. The molecule has 71 heavy (non-hydrogen) atoms. The molecule has 1 aliphatic carbocycles. The minimum absolute atomic E-state index is 0.0517. The molecule has 16 heteroatoms. The highest BCUT2D eigenvalue weighted by Gasteiger charge is 2.44. The molecule has 0 spiro atoms. The van der Waals surface area contributed by atoms with E-state index in [0.717, 1.165) is 116 Å². The van der Waals surface area contributed by atoms with Crippen LogP contribution in [0.4, 0.5) is 19.7 Å².